The fourth-order valence-electron chi connectivity index (χ4n) is 2.36. The second-order valence-corrected chi connectivity index (χ2v) is 4.13. The number of hydrogen-bond donors (Lipinski definition) is 1. The monoisotopic (exact) mass is 193 g/mol. The van der Waals surface area contributed by atoms with Gasteiger partial charge in [0.1, 0.15) is 0 Å². The molecule has 14 heavy (non-hydrogen) atoms. The third kappa shape index (κ3) is 1.33. The Balaban J connectivity index is 2.34. The highest BCUT2D eigenvalue weighted by Crippen LogP contribution is 2.28. The molecular weight excluding hydrogens is 178 g/mol. The summed E-state index contributed by atoms with van der Waals surface area (Å²) in [4.78, 5) is 10.9. The van der Waals surface area contributed by atoms with Crippen LogP contribution in [0.4, 0.5) is 0 Å². The number of rotatable bonds is 1. The van der Waals surface area contributed by atoms with E-state index >= 15 is 0 Å². The number of aliphatic carboxylic acids is 1. The molecule has 0 radical (unpaired) electrons. The number of carbonyl (C=O) groups is 1. The molecule has 0 fully saturated rings. The zero-order valence-electron chi connectivity index (χ0n) is 8.58. The van der Waals surface area contributed by atoms with E-state index < -0.39 is 5.97 Å². The molecule has 0 aromatic carbocycles. The molecule has 1 unspecified atom stereocenters. The van der Waals surface area contributed by atoms with E-state index in [1.54, 1.807) is 0 Å². The standard InChI is InChI=1S/C11H15NO2/c1-7-6-12(2)10-5-8(11(13)14)3-4-9(7)10/h6,8H,3-5H2,1-2H3,(H,13,14). The van der Waals surface area contributed by atoms with Gasteiger partial charge in [-0.25, -0.2) is 0 Å². The Morgan fingerprint density at radius 1 is 1.64 bits per heavy atom. The molecular formula is C11H15NO2. The molecule has 0 bridgehead atoms. The van der Waals surface area contributed by atoms with Gasteiger partial charge < -0.3 is 9.67 Å². The van der Waals surface area contributed by atoms with Crippen LogP contribution in [0.2, 0.25) is 0 Å². The molecule has 0 saturated carbocycles. The number of aromatic nitrogens is 1. The molecule has 1 aromatic heterocycles. The van der Waals surface area contributed by atoms with E-state index in [0.717, 1.165) is 12.8 Å². The van der Waals surface area contributed by atoms with Crippen molar-refractivity contribution in [3.63, 3.8) is 0 Å². The minimum Gasteiger partial charge on any atom is -0.481 e. The number of fused-ring (bicyclic) bond motifs is 1. The van der Waals surface area contributed by atoms with Crippen molar-refractivity contribution in [2.45, 2.75) is 26.2 Å². The highest BCUT2D eigenvalue weighted by molar-refractivity contribution is 5.71. The first-order valence-corrected chi connectivity index (χ1v) is 4.96. The van der Waals surface area contributed by atoms with Gasteiger partial charge >= 0.3 is 5.97 Å². The van der Waals surface area contributed by atoms with Crippen molar-refractivity contribution in [1.82, 2.24) is 4.57 Å². The van der Waals surface area contributed by atoms with Gasteiger partial charge in [0.05, 0.1) is 5.92 Å². The number of nitrogens with zero attached hydrogens (tertiary/aromatic N) is 1. The van der Waals surface area contributed by atoms with Crippen LogP contribution in [-0.4, -0.2) is 15.6 Å². The Morgan fingerprint density at radius 3 is 3.00 bits per heavy atom. The first-order valence-electron chi connectivity index (χ1n) is 4.96. The lowest BCUT2D eigenvalue weighted by Crippen LogP contribution is -2.23. The van der Waals surface area contributed by atoms with E-state index in [2.05, 4.69) is 17.7 Å². The van der Waals surface area contributed by atoms with Crippen molar-refractivity contribution < 1.29 is 9.90 Å². The molecule has 3 heteroatoms. The van der Waals surface area contributed by atoms with E-state index in [-0.39, 0.29) is 5.92 Å². The Kier molecular flexibility index (Phi) is 2.10. The number of carboxylic acid groups (broad SMARTS) is 1. The summed E-state index contributed by atoms with van der Waals surface area (Å²) in [6.45, 7) is 2.10. The molecule has 3 nitrogen and oxygen atoms in total. The fourth-order valence-corrected chi connectivity index (χ4v) is 2.36. The summed E-state index contributed by atoms with van der Waals surface area (Å²) in [5, 5.41) is 8.95. The molecule has 1 heterocycles. The second-order valence-electron chi connectivity index (χ2n) is 4.13. The van der Waals surface area contributed by atoms with Crippen LogP contribution in [0.15, 0.2) is 6.20 Å². The van der Waals surface area contributed by atoms with Crippen molar-refractivity contribution >= 4 is 5.97 Å². The second kappa shape index (κ2) is 3.15. The Hall–Kier alpha value is -1.25. The maximum Gasteiger partial charge on any atom is 0.306 e. The van der Waals surface area contributed by atoms with Gasteiger partial charge in [-0.15, -0.1) is 0 Å². The van der Waals surface area contributed by atoms with Crippen LogP contribution in [0.3, 0.4) is 0 Å². The fraction of sp³-hybridized carbons (Fsp3) is 0.545. The lowest BCUT2D eigenvalue weighted by Gasteiger charge is -2.20. The van der Waals surface area contributed by atoms with Crippen molar-refractivity contribution in [2.75, 3.05) is 0 Å². The van der Waals surface area contributed by atoms with Crippen LogP contribution in [0.5, 0.6) is 0 Å². The third-order valence-electron chi connectivity index (χ3n) is 3.17. The summed E-state index contributed by atoms with van der Waals surface area (Å²) in [6.07, 6.45) is 4.48. The minimum absolute atomic E-state index is 0.185. The molecule has 0 saturated heterocycles. The molecule has 0 aliphatic heterocycles. The van der Waals surface area contributed by atoms with Gasteiger partial charge in [0.25, 0.3) is 0 Å². The maximum absolute atomic E-state index is 10.9. The summed E-state index contributed by atoms with van der Waals surface area (Å²) < 4.78 is 2.07. The zero-order valence-corrected chi connectivity index (χ0v) is 8.58. The number of aryl methyl sites for hydroxylation is 2. The summed E-state index contributed by atoms with van der Waals surface area (Å²) in [6, 6.07) is 0. The largest absolute Gasteiger partial charge is 0.481 e. The van der Waals surface area contributed by atoms with Crippen LogP contribution < -0.4 is 0 Å². The van der Waals surface area contributed by atoms with Gasteiger partial charge in [0.15, 0.2) is 0 Å². The lowest BCUT2D eigenvalue weighted by atomic mass is 9.87. The van der Waals surface area contributed by atoms with Crippen LogP contribution in [0.25, 0.3) is 0 Å². The van der Waals surface area contributed by atoms with Gasteiger partial charge in [-0.3, -0.25) is 4.79 Å². The Bertz CT molecular complexity index is 379. The predicted molar refractivity (Wildman–Crippen MR) is 53.3 cm³/mol. The molecule has 2 rings (SSSR count). The quantitative estimate of drug-likeness (QED) is 0.734. The van der Waals surface area contributed by atoms with E-state index in [0.29, 0.717) is 6.42 Å². The van der Waals surface area contributed by atoms with Crippen molar-refractivity contribution in [3.8, 4) is 0 Å². The van der Waals surface area contributed by atoms with E-state index in [1.807, 2.05) is 7.05 Å². The predicted octanol–water partition coefficient (Wildman–Crippen LogP) is 1.52. The SMILES string of the molecule is Cc1cn(C)c2c1CCC(C(=O)O)C2. The highest BCUT2D eigenvalue weighted by Gasteiger charge is 2.26. The molecule has 1 aliphatic carbocycles. The van der Waals surface area contributed by atoms with E-state index in [4.69, 9.17) is 5.11 Å². The summed E-state index contributed by atoms with van der Waals surface area (Å²) >= 11 is 0. The van der Waals surface area contributed by atoms with Crippen molar-refractivity contribution in [1.29, 1.82) is 0 Å². The lowest BCUT2D eigenvalue weighted by molar-refractivity contribution is -0.142. The molecule has 1 aromatic rings. The Labute approximate surface area is 83.4 Å². The topological polar surface area (TPSA) is 42.2 Å². The molecule has 1 N–H and O–H groups in total. The van der Waals surface area contributed by atoms with Gasteiger partial charge in [-0.2, -0.15) is 0 Å². The van der Waals surface area contributed by atoms with Gasteiger partial charge in [-0.1, -0.05) is 0 Å². The summed E-state index contributed by atoms with van der Waals surface area (Å²) in [7, 11) is 2.00. The van der Waals surface area contributed by atoms with Crippen LogP contribution >= 0.6 is 0 Å². The van der Waals surface area contributed by atoms with Crippen LogP contribution in [-0.2, 0) is 24.7 Å². The van der Waals surface area contributed by atoms with Gasteiger partial charge in [0.2, 0.25) is 0 Å². The first kappa shape index (κ1) is 9.31. The smallest absolute Gasteiger partial charge is 0.306 e. The average molecular weight is 193 g/mol. The minimum atomic E-state index is -0.658. The molecule has 1 atom stereocenters. The first-order chi connectivity index (χ1) is 6.59. The van der Waals surface area contributed by atoms with Crippen LogP contribution in [0.1, 0.15) is 23.2 Å². The zero-order chi connectivity index (χ0) is 10.3. The van der Waals surface area contributed by atoms with Crippen molar-refractivity contribution in [2.24, 2.45) is 13.0 Å². The van der Waals surface area contributed by atoms with Gasteiger partial charge in [0, 0.05) is 25.4 Å². The highest BCUT2D eigenvalue weighted by atomic mass is 16.4. The molecule has 0 amide bonds. The number of carboxylic acids is 1. The van der Waals surface area contributed by atoms with Crippen molar-refractivity contribution in [3.05, 3.63) is 23.0 Å². The maximum atomic E-state index is 10.9. The van der Waals surface area contributed by atoms with E-state index in [9.17, 15) is 4.79 Å². The molecule has 76 valence electrons. The third-order valence-corrected chi connectivity index (χ3v) is 3.17. The summed E-state index contributed by atoms with van der Waals surface area (Å²) in [5.74, 6) is -0.843. The van der Waals surface area contributed by atoms with Crippen LogP contribution in [0, 0.1) is 12.8 Å². The molecule has 1 aliphatic rings. The molecule has 0 spiro atoms. The van der Waals surface area contributed by atoms with Gasteiger partial charge in [-0.05, 0) is 30.9 Å². The Morgan fingerprint density at radius 2 is 2.36 bits per heavy atom. The average Bonchev–Trinajstić information content (AvgIpc) is 2.42. The normalized spacial score (nSPS) is 20.6. The number of hydrogen-bond acceptors (Lipinski definition) is 1. The van der Waals surface area contributed by atoms with E-state index in [1.165, 1.54) is 16.8 Å². The summed E-state index contributed by atoms with van der Waals surface area (Å²) in [5.41, 5.74) is 3.87.